The molecular formula is C13H17NO3. The van der Waals surface area contributed by atoms with Crippen LogP contribution in [0.4, 0.5) is 0 Å². The molecule has 4 nitrogen and oxygen atoms in total. The number of hydrogen-bond acceptors (Lipinski definition) is 3. The largest absolute Gasteiger partial charge is 0.481 e. The Hall–Kier alpha value is -1.76. The molecular weight excluding hydrogens is 218 g/mol. The number of carboxylic acids is 1. The highest BCUT2D eigenvalue weighted by molar-refractivity contribution is 5.80. The first-order valence-electron chi connectivity index (χ1n) is 5.41. The number of aliphatic carboxylic acids is 1. The number of terminal acetylenes is 1. The molecule has 0 aromatic rings. The fourth-order valence-corrected chi connectivity index (χ4v) is 1.98. The Morgan fingerprint density at radius 1 is 1.65 bits per heavy atom. The summed E-state index contributed by atoms with van der Waals surface area (Å²) in [6.07, 6.45) is 8.46. The molecule has 1 saturated carbocycles. The number of allylic oxidation sites excluding steroid dienone is 2. The first kappa shape index (κ1) is 13.3. The highest BCUT2D eigenvalue weighted by Crippen LogP contribution is 2.59. The minimum atomic E-state index is -0.746. The van der Waals surface area contributed by atoms with E-state index in [-0.39, 0.29) is 23.9 Å². The van der Waals surface area contributed by atoms with E-state index < -0.39 is 5.97 Å². The average molecular weight is 235 g/mol. The summed E-state index contributed by atoms with van der Waals surface area (Å²) in [6, 6.07) is 0. The molecule has 92 valence electrons. The smallest absolute Gasteiger partial charge is 0.307 e. The third kappa shape index (κ3) is 3.10. The molecule has 0 heterocycles. The van der Waals surface area contributed by atoms with Crippen LogP contribution in [0.25, 0.3) is 0 Å². The lowest BCUT2D eigenvalue weighted by Crippen LogP contribution is -2.03. The summed E-state index contributed by atoms with van der Waals surface area (Å²) >= 11 is 0. The summed E-state index contributed by atoms with van der Waals surface area (Å²) in [6.45, 7) is 5.89. The molecule has 0 radical (unpaired) electrons. The minimum Gasteiger partial charge on any atom is -0.481 e. The van der Waals surface area contributed by atoms with Gasteiger partial charge in [0.15, 0.2) is 6.61 Å². The van der Waals surface area contributed by atoms with E-state index in [1.165, 1.54) is 0 Å². The van der Waals surface area contributed by atoms with Crippen molar-refractivity contribution in [2.45, 2.75) is 20.8 Å². The van der Waals surface area contributed by atoms with Gasteiger partial charge >= 0.3 is 5.97 Å². The summed E-state index contributed by atoms with van der Waals surface area (Å²) < 4.78 is 0. The van der Waals surface area contributed by atoms with Crippen LogP contribution in [-0.4, -0.2) is 23.9 Å². The van der Waals surface area contributed by atoms with Gasteiger partial charge in [0.2, 0.25) is 0 Å². The van der Waals surface area contributed by atoms with E-state index in [4.69, 9.17) is 16.4 Å². The Bertz CT molecular complexity index is 401. The molecule has 17 heavy (non-hydrogen) atoms. The van der Waals surface area contributed by atoms with Gasteiger partial charge in [-0.1, -0.05) is 31.0 Å². The molecule has 0 bridgehead atoms. The molecule has 0 saturated heterocycles. The molecule has 2 atom stereocenters. The van der Waals surface area contributed by atoms with Gasteiger partial charge in [-0.25, -0.2) is 0 Å². The van der Waals surface area contributed by atoms with Gasteiger partial charge in [-0.15, -0.1) is 6.42 Å². The van der Waals surface area contributed by atoms with Crippen molar-refractivity contribution in [3.05, 3.63) is 11.6 Å². The molecule has 1 aliphatic carbocycles. The number of hydrogen-bond donors (Lipinski definition) is 1. The number of carboxylic acid groups (broad SMARTS) is 1. The van der Waals surface area contributed by atoms with Crippen molar-refractivity contribution >= 4 is 12.2 Å². The zero-order chi connectivity index (χ0) is 13.1. The van der Waals surface area contributed by atoms with Gasteiger partial charge in [-0.3, -0.25) is 4.79 Å². The van der Waals surface area contributed by atoms with E-state index in [0.29, 0.717) is 0 Å². The van der Waals surface area contributed by atoms with Gasteiger partial charge in [0, 0.05) is 0 Å². The minimum absolute atomic E-state index is 0.0547. The maximum absolute atomic E-state index is 11.0. The van der Waals surface area contributed by atoms with Crippen molar-refractivity contribution in [1.29, 1.82) is 0 Å². The Balaban J connectivity index is 2.57. The maximum atomic E-state index is 11.0. The summed E-state index contributed by atoms with van der Waals surface area (Å²) in [4.78, 5) is 15.7. The van der Waals surface area contributed by atoms with Gasteiger partial charge < -0.3 is 9.94 Å². The van der Waals surface area contributed by atoms with E-state index in [0.717, 1.165) is 5.57 Å². The lowest BCUT2D eigenvalue weighted by Gasteiger charge is -1.97. The summed E-state index contributed by atoms with van der Waals surface area (Å²) in [5.74, 6) is 1.30. The van der Waals surface area contributed by atoms with Crippen molar-refractivity contribution in [3.63, 3.8) is 0 Å². The van der Waals surface area contributed by atoms with Crippen LogP contribution < -0.4 is 0 Å². The fourth-order valence-electron chi connectivity index (χ4n) is 1.98. The molecule has 0 amide bonds. The maximum Gasteiger partial charge on any atom is 0.307 e. The van der Waals surface area contributed by atoms with Gasteiger partial charge in [-0.05, 0) is 23.8 Å². The van der Waals surface area contributed by atoms with Crippen LogP contribution >= 0.6 is 0 Å². The number of oxime groups is 1. The highest BCUT2D eigenvalue weighted by atomic mass is 16.6. The van der Waals surface area contributed by atoms with E-state index in [2.05, 4.69) is 11.1 Å². The second-order valence-electron chi connectivity index (χ2n) is 4.79. The highest BCUT2D eigenvalue weighted by Gasteiger charge is 2.60. The van der Waals surface area contributed by atoms with Crippen molar-refractivity contribution in [2.75, 3.05) is 6.61 Å². The number of carbonyl (C=O) groups is 1. The molecule has 0 spiro atoms. The lowest BCUT2D eigenvalue weighted by atomic mass is 10.1. The number of rotatable bonds is 5. The molecule has 0 aromatic heterocycles. The molecule has 0 aromatic carbocycles. The standard InChI is InChI=1S/C13H17NO3/c1-5-6-17-14-8-9(2)7-10-11(12(15)16)13(10,3)4/h1,7-8,10-11H,6H2,2-4H3,(H,15,16)/t10-,11+/m1/s1. The van der Waals surface area contributed by atoms with Gasteiger partial charge in [0.05, 0.1) is 12.1 Å². The Kier molecular flexibility index (Phi) is 3.95. The summed E-state index contributed by atoms with van der Waals surface area (Å²) in [7, 11) is 0. The monoisotopic (exact) mass is 235 g/mol. The van der Waals surface area contributed by atoms with Crippen molar-refractivity contribution in [3.8, 4) is 12.3 Å². The van der Waals surface area contributed by atoms with Gasteiger partial charge in [-0.2, -0.15) is 0 Å². The van der Waals surface area contributed by atoms with E-state index >= 15 is 0 Å². The first-order chi connectivity index (χ1) is 7.91. The van der Waals surface area contributed by atoms with Gasteiger partial charge in [0.1, 0.15) is 0 Å². The van der Waals surface area contributed by atoms with E-state index in [9.17, 15) is 4.79 Å². The van der Waals surface area contributed by atoms with Crippen molar-refractivity contribution in [1.82, 2.24) is 0 Å². The van der Waals surface area contributed by atoms with Crippen LogP contribution in [0.15, 0.2) is 16.8 Å². The predicted molar refractivity (Wildman–Crippen MR) is 65.4 cm³/mol. The van der Waals surface area contributed by atoms with Crippen LogP contribution in [0.5, 0.6) is 0 Å². The molecule has 1 fully saturated rings. The van der Waals surface area contributed by atoms with Crippen LogP contribution in [-0.2, 0) is 9.63 Å². The first-order valence-corrected chi connectivity index (χ1v) is 5.41. The van der Waals surface area contributed by atoms with Crippen LogP contribution in [0.2, 0.25) is 0 Å². The molecule has 1 aliphatic rings. The molecule has 1 N–H and O–H groups in total. The second-order valence-corrected chi connectivity index (χ2v) is 4.79. The molecule has 0 aliphatic heterocycles. The third-order valence-corrected chi connectivity index (χ3v) is 3.10. The second kappa shape index (κ2) is 5.05. The summed E-state index contributed by atoms with van der Waals surface area (Å²) in [5.41, 5.74) is 0.699. The van der Waals surface area contributed by atoms with Crippen LogP contribution in [0.1, 0.15) is 20.8 Å². The molecule has 1 rings (SSSR count). The molecule has 4 heteroatoms. The summed E-state index contributed by atoms with van der Waals surface area (Å²) in [5, 5.41) is 12.7. The SMILES string of the molecule is C#CCON=CC(C)=C[C@@H]1[C@@H](C(=O)O)C1(C)C. The normalized spacial score (nSPS) is 26.6. The topological polar surface area (TPSA) is 58.9 Å². The fraction of sp³-hybridized carbons (Fsp3) is 0.538. The predicted octanol–water partition coefficient (Wildman–Crippen LogP) is 1.93. The van der Waals surface area contributed by atoms with Crippen molar-refractivity contribution in [2.24, 2.45) is 22.4 Å². The quantitative estimate of drug-likeness (QED) is 0.343. The number of nitrogens with zero attached hydrogens (tertiary/aromatic N) is 1. The Morgan fingerprint density at radius 2 is 2.29 bits per heavy atom. The third-order valence-electron chi connectivity index (χ3n) is 3.10. The van der Waals surface area contributed by atoms with Crippen LogP contribution in [0.3, 0.4) is 0 Å². The zero-order valence-corrected chi connectivity index (χ0v) is 10.3. The average Bonchev–Trinajstić information content (AvgIpc) is 2.75. The Labute approximate surface area is 101 Å². The molecule has 0 unspecified atom stereocenters. The zero-order valence-electron chi connectivity index (χ0n) is 10.3. The Morgan fingerprint density at radius 3 is 2.76 bits per heavy atom. The van der Waals surface area contributed by atoms with Crippen LogP contribution in [0, 0.1) is 29.6 Å². The lowest BCUT2D eigenvalue weighted by molar-refractivity contribution is -0.139. The van der Waals surface area contributed by atoms with Gasteiger partial charge in [0.25, 0.3) is 0 Å². The van der Waals surface area contributed by atoms with Crippen molar-refractivity contribution < 1.29 is 14.7 Å². The van der Waals surface area contributed by atoms with E-state index in [1.807, 2.05) is 26.8 Å². The van der Waals surface area contributed by atoms with E-state index in [1.54, 1.807) is 6.21 Å².